The van der Waals surface area contributed by atoms with E-state index in [4.69, 9.17) is 17.3 Å². The number of halogens is 1. The summed E-state index contributed by atoms with van der Waals surface area (Å²) in [7, 11) is 0. The van der Waals surface area contributed by atoms with Crippen LogP contribution in [0.1, 0.15) is 17.3 Å². The maximum absolute atomic E-state index is 12.5. The molecule has 0 aliphatic carbocycles. The van der Waals surface area contributed by atoms with E-state index in [1.165, 1.54) is 6.07 Å². The fourth-order valence-electron chi connectivity index (χ4n) is 2.32. The highest BCUT2D eigenvalue weighted by atomic mass is 35.5. The Kier molecular flexibility index (Phi) is 4.64. The molecule has 21 heavy (non-hydrogen) atoms. The first kappa shape index (κ1) is 15.5. The fourth-order valence-corrected chi connectivity index (χ4v) is 2.54. The number of nitrogens with zero attached hydrogens (tertiary/aromatic N) is 3. The van der Waals surface area contributed by atoms with Crippen LogP contribution in [0.2, 0.25) is 5.02 Å². The molecule has 0 atom stereocenters. The lowest BCUT2D eigenvalue weighted by molar-refractivity contribution is -0.384. The molecule has 7 nitrogen and oxygen atoms in total. The van der Waals surface area contributed by atoms with Crippen LogP contribution in [0.3, 0.4) is 0 Å². The van der Waals surface area contributed by atoms with Gasteiger partial charge in [-0.3, -0.25) is 14.9 Å². The molecule has 1 heterocycles. The number of hydrogen-bond donors (Lipinski definition) is 1. The van der Waals surface area contributed by atoms with E-state index in [1.54, 1.807) is 4.90 Å². The number of nitrogen functional groups attached to an aromatic ring is 1. The van der Waals surface area contributed by atoms with Gasteiger partial charge in [0.1, 0.15) is 0 Å². The number of non-ortho nitro benzene ring substituents is 1. The Bertz CT molecular complexity index is 571. The molecule has 8 heteroatoms. The van der Waals surface area contributed by atoms with E-state index in [0.29, 0.717) is 13.1 Å². The zero-order chi connectivity index (χ0) is 15.6. The number of nitro benzene ring substituents is 1. The maximum atomic E-state index is 12.5. The number of carbonyl (C=O) groups excluding carboxylic acids is 1. The number of carbonyl (C=O) groups is 1. The van der Waals surface area contributed by atoms with Gasteiger partial charge >= 0.3 is 0 Å². The third-order valence-electron chi connectivity index (χ3n) is 3.66. The largest absolute Gasteiger partial charge is 0.397 e. The summed E-state index contributed by atoms with van der Waals surface area (Å²) in [5.74, 6) is -0.311. The Morgan fingerprint density at radius 2 is 2.00 bits per heavy atom. The van der Waals surface area contributed by atoms with Crippen molar-refractivity contribution in [2.75, 3.05) is 38.5 Å². The Morgan fingerprint density at radius 3 is 2.52 bits per heavy atom. The monoisotopic (exact) mass is 312 g/mol. The van der Waals surface area contributed by atoms with Crippen LogP contribution in [0.4, 0.5) is 11.4 Å². The molecule has 2 rings (SSSR count). The highest BCUT2D eigenvalue weighted by Gasteiger charge is 2.25. The first-order valence-corrected chi connectivity index (χ1v) is 7.07. The van der Waals surface area contributed by atoms with E-state index in [2.05, 4.69) is 11.8 Å². The van der Waals surface area contributed by atoms with Crippen LogP contribution in [-0.4, -0.2) is 53.4 Å². The van der Waals surface area contributed by atoms with E-state index in [1.807, 2.05) is 0 Å². The smallest absolute Gasteiger partial charge is 0.271 e. The van der Waals surface area contributed by atoms with Gasteiger partial charge in [0.15, 0.2) is 0 Å². The van der Waals surface area contributed by atoms with Crippen molar-refractivity contribution in [2.24, 2.45) is 0 Å². The van der Waals surface area contributed by atoms with Crippen LogP contribution in [0.15, 0.2) is 12.1 Å². The Morgan fingerprint density at radius 1 is 1.38 bits per heavy atom. The Hall–Kier alpha value is -1.86. The Labute approximate surface area is 127 Å². The summed E-state index contributed by atoms with van der Waals surface area (Å²) in [5.41, 5.74) is 5.75. The van der Waals surface area contributed by atoms with E-state index in [0.717, 1.165) is 25.7 Å². The quantitative estimate of drug-likeness (QED) is 0.520. The minimum Gasteiger partial charge on any atom is -0.397 e. The first-order valence-electron chi connectivity index (χ1n) is 6.69. The molecule has 0 saturated carbocycles. The van der Waals surface area contributed by atoms with Gasteiger partial charge in [-0.2, -0.15) is 0 Å². The zero-order valence-electron chi connectivity index (χ0n) is 11.7. The SMILES string of the molecule is CCN1CCN(C(=O)c2cc([N+](=O)[O-])cc(Cl)c2N)CC1. The van der Waals surface area contributed by atoms with Crippen molar-refractivity contribution in [2.45, 2.75) is 6.92 Å². The molecule has 0 spiro atoms. The topological polar surface area (TPSA) is 92.7 Å². The number of nitro groups is 1. The van der Waals surface area contributed by atoms with Gasteiger partial charge in [0.05, 0.1) is 21.2 Å². The third kappa shape index (κ3) is 3.25. The molecule has 1 aliphatic heterocycles. The molecule has 0 unspecified atom stereocenters. The number of hydrogen-bond acceptors (Lipinski definition) is 5. The normalized spacial score (nSPS) is 16.0. The number of benzene rings is 1. The first-order chi connectivity index (χ1) is 9.93. The van der Waals surface area contributed by atoms with Gasteiger partial charge in [-0.05, 0) is 6.54 Å². The third-order valence-corrected chi connectivity index (χ3v) is 3.97. The molecule has 1 fully saturated rings. The summed E-state index contributed by atoms with van der Waals surface area (Å²) in [6.07, 6.45) is 0. The number of piperazine rings is 1. The molecule has 1 saturated heterocycles. The number of anilines is 1. The van der Waals surface area contributed by atoms with Crippen molar-refractivity contribution in [1.29, 1.82) is 0 Å². The lowest BCUT2D eigenvalue weighted by atomic mass is 10.1. The highest BCUT2D eigenvalue weighted by Crippen LogP contribution is 2.29. The van der Waals surface area contributed by atoms with Crippen LogP contribution in [0, 0.1) is 10.1 Å². The van der Waals surface area contributed by atoms with E-state index < -0.39 is 4.92 Å². The van der Waals surface area contributed by atoms with Crippen LogP contribution >= 0.6 is 11.6 Å². The number of amides is 1. The van der Waals surface area contributed by atoms with Crippen LogP contribution in [0.25, 0.3) is 0 Å². The average Bonchev–Trinajstić information content (AvgIpc) is 2.49. The van der Waals surface area contributed by atoms with Crippen molar-refractivity contribution in [3.05, 3.63) is 32.8 Å². The molecular formula is C13H17ClN4O3. The molecule has 0 bridgehead atoms. The van der Waals surface area contributed by atoms with E-state index in [9.17, 15) is 14.9 Å². The molecule has 1 aromatic carbocycles. The fraction of sp³-hybridized carbons (Fsp3) is 0.462. The molecule has 1 aromatic rings. The van der Waals surface area contributed by atoms with Crippen molar-refractivity contribution >= 4 is 28.9 Å². The summed E-state index contributed by atoms with van der Waals surface area (Å²) in [6.45, 7) is 5.72. The molecule has 0 radical (unpaired) electrons. The summed E-state index contributed by atoms with van der Waals surface area (Å²) >= 11 is 5.88. The second-order valence-corrected chi connectivity index (χ2v) is 5.28. The van der Waals surface area contributed by atoms with Crippen LogP contribution in [0.5, 0.6) is 0 Å². The predicted molar refractivity (Wildman–Crippen MR) is 80.5 cm³/mol. The minimum absolute atomic E-state index is 0.0275. The molecule has 1 aliphatic rings. The van der Waals surface area contributed by atoms with Gasteiger partial charge in [-0.25, -0.2) is 0 Å². The number of nitrogens with two attached hydrogens (primary N) is 1. The van der Waals surface area contributed by atoms with Gasteiger partial charge in [0.2, 0.25) is 0 Å². The van der Waals surface area contributed by atoms with Crippen molar-refractivity contribution in [3.8, 4) is 0 Å². The average molecular weight is 313 g/mol. The standard InChI is InChI=1S/C13H17ClN4O3/c1-2-16-3-5-17(6-4-16)13(19)10-7-9(18(20)21)8-11(14)12(10)15/h7-8H,2-6,15H2,1H3. The van der Waals surface area contributed by atoms with Crippen molar-refractivity contribution < 1.29 is 9.72 Å². The summed E-state index contributed by atoms with van der Waals surface area (Å²) in [6, 6.07) is 2.35. The number of likely N-dealkylation sites (N-methyl/N-ethyl adjacent to an activating group) is 1. The Balaban J connectivity index is 2.25. The van der Waals surface area contributed by atoms with Crippen LogP contribution in [-0.2, 0) is 0 Å². The van der Waals surface area contributed by atoms with Crippen LogP contribution < -0.4 is 5.73 Å². The van der Waals surface area contributed by atoms with Gasteiger partial charge < -0.3 is 15.5 Å². The van der Waals surface area contributed by atoms with E-state index in [-0.39, 0.29) is 27.9 Å². The van der Waals surface area contributed by atoms with Crippen molar-refractivity contribution in [3.63, 3.8) is 0 Å². The van der Waals surface area contributed by atoms with Gasteiger partial charge in [0, 0.05) is 38.3 Å². The summed E-state index contributed by atoms with van der Waals surface area (Å²) in [5, 5.41) is 10.9. The molecule has 114 valence electrons. The molecule has 2 N–H and O–H groups in total. The lowest BCUT2D eigenvalue weighted by Crippen LogP contribution is -2.48. The number of rotatable bonds is 3. The minimum atomic E-state index is -0.586. The van der Waals surface area contributed by atoms with Crippen molar-refractivity contribution in [1.82, 2.24) is 9.80 Å². The maximum Gasteiger partial charge on any atom is 0.271 e. The van der Waals surface area contributed by atoms with E-state index >= 15 is 0 Å². The van der Waals surface area contributed by atoms with Gasteiger partial charge in [-0.15, -0.1) is 0 Å². The molecule has 1 amide bonds. The lowest BCUT2D eigenvalue weighted by Gasteiger charge is -2.34. The highest BCUT2D eigenvalue weighted by molar-refractivity contribution is 6.34. The second-order valence-electron chi connectivity index (χ2n) is 4.87. The molecular weight excluding hydrogens is 296 g/mol. The van der Waals surface area contributed by atoms with Gasteiger partial charge in [-0.1, -0.05) is 18.5 Å². The van der Waals surface area contributed by atoms with Gasteiger partial charge in [0.25, 0.3) is 11.6 Å². The summed E-state index contributed by atoms with van der Waals surface area (Å²) in [4.78, 5) is 26.7. The summed E-state index contributed by atoms with van der Waals surface area (Å²) < 4.78 is 0. The predicted octanol–water partition coefficient (Wildman–Crippen LogP) is 1.61. The second kappa shape index (κ2) is 6.28. The molecule has 0 aromatic heterocycles. The zero-order valence-corrected chi connectivity index (χ0v) is 12.5.